The molecule has 1 aliphatic heterocycles. The number of carbonyl (C=O) groups excluding carboxylic acids is 2. The predicted octanol–water partition coefficient (Wildman–Crippen LogP) is 5.52. The SMILES string of the molecule is COc1ccc(C(=O)NN2C(=O)/C(=C\c3ccc(-c4cccc(C(F)(F)F)c4)o3)SC2=S)cc1. The molecule has 2 heterocycles. The summed E-state index contributed by atoms with van der Waals surface area (Å²) in [5.41, 5.74) is 2.21. The van der Waals surface area contributed by atoms with Crippen molar-refractivity contribution in [1.29, 1.82) is 0 Å². The molecule has 2 amide bonds. The van der Waals surface area contributed by atoms with Crippen molar-refractivity contribution in [3.63, 3.8) is 0 Å². The van der Waals surface area contributed by atoms with E-state index in [2.05, 4.69) is 5.43 Å². The highest BCUT2D eigenvalue weighted by Crippen LogP contribution is 2.35. The van der Waals surface area contributed by atoms with Crippen molar-refractivity contribution in [3.8, 4) is 17.1 Å². The first-order valence-corrected chi connectivity index (χ1v) is 10.9. The van der Waals surface area contributed by atoms with Crippen LogP contribution in [0.2, 0.25) is 0 Å². The third kappa shape index (κ3) is 5.00. The lowest BCUT2D eigenvalue weighted by atomic mass is 10.1. The molecule has 4 rings (SSSR count). The van der Waals surface area contributed by atoms with Crippen molar-refractivity contribution < 1.29 is 31.9 Å². The summed E-state index contributed by atoms with van der Waals surface area (Å²) in [7, 11) is 1.50. The molecule has 1 N–H and O–H groups in total. The van der Waals surface area contributed by atoms with Crippen molar-refractivity contribution in [2.75, 3.05) is 7.11 Å². The van der Waals surface area contributed by atoms with Crippen LogP contribution in [0.5, 0.6) is 5.75 Å². The Kier molecular flexibility index (Phi) is 6.49. The van der Waals surface area contributed by atoms with E-state index in [-0.39, 0.29) is 26.3 Å². The zero-order valence-corrected chi connectivity index (χ0v) is 19.0. The Morgan fingerprint density at radius 1 is 1.15 bits per heavy atom. The van der Waals surface area contributed by atoms with Crippen LogP contribution in [0, 0.1) is 0 Å². The van der Waals surface area contributed by atoms with E-state index in [4.69, 9.17) is 21.4 Å². The molecule has 1 saturated heterocycles. The minimum absolute atomic E-state index is 0.114. The summed E-state index contributed by atoms with van der Waals surface area (Å²) in [5.74, 6) is -0.0676. The van der Waals surface area contributed by atoms with Crippen LogP contribution in [-0.2, 0) is 11.0 Å². The van der Waals surface area contributed by atoms with Crippen molar-refractivity contribution in [3.05, 3.63) is 82.5 Å². The number of rotatable bonds is 5. The topological polar surface area (TPSA) is 71.8 Å². The van der Waals surface area contributed by atoms with E-state index in [1.165, 1.54) is 37.5 Å². The summed E-state index contributed by atoms with van der Waals surface area (Å²) < 4.78 is 49.7. The quantitative estimate of drug-likeness (QED) is 0.365. The number of furan rings is 1. The van der Waals surface area contributed by atoms with Crippen LogP contribution in [0.15, 0.2) is 70.0 Å². The van der Waals surface area contributed by atoms with Gasteiger partial charge in [-0.3, -0.25) is 15.0 Å². The van der Waals surface area contributed by atoms with Crippen LogP contribution in [-0.4, -0.2) is 28.3 Å². The van der Waals surface area contributed by atoms with Gasteiger partial charge in [-0.05, 0) is 60.7 Å². The number of halogens is 3. The van der Waals surface area contributed by atoms with Gasteiger partial charge in [0.25, 0.3) is 11.8 Å². The maximum absolute atomic E-state index is 13.0. The second kappa shape index (κ2) is 9.35. The third-order valence-electron chi connectivity index (χ3n) is 4.73. The molecule has 0 unspecified atom stereocenters. The molecule has 1 aliphatic rings. The number of benzene rings is 2. The fourth-order valence-corrected chi connectivity index (χ4v) is 4.20. The number of thiocarbonyl (C=S) groups is 1. The zero-order chi connectivity index (χ0) is 24.5. The molecule has 6 nitrogen and oxygen atoms in total. The lowest BCUT2D eigenvalue weighted by Gasteiger charge is -2.15. The van der Waals surface area contributed by atoms with Crippen LogP contribution in [0.3, 0.4) is 0 Å². The van der Waals surface area contributed by atoms with E-state index in [1.807, 2.05) is 0 Å². The lowest BCUT2D eigenvalue weighted by Crippen LogP contribution is -2.44. The van der Waals surface area contributed by atoms with E-state index in [0.717, 1.165) is 28.9 Å². The van der Waals surface area contributed by atoms with Gasteiger partial charge in [0, 0.05) is 17.2 Å². The lowest BCUT2D eigenvalue weighted by molar-refractivity contribution is -0.137. The van der Waals surface area contributed by atoms with Crippen molar-refractivity contribution >= 4 is 46.2 Å². The van der Waals surface area contributed by atoms with Gasteiger partial charge in [-0.2, -0.15) is 18.2 Å². The van der Waals surface area contributed by atoms with Crippen LogP contribution in [0.4, 0.5) is 13.2 Å². The molecule has 2 aromatic carbocycles. The van der Waals surface area contributed by atoms with Gasteiger partial charge in [-0.1, -0.05) is 23.9 Å². The molecule has 1 aromatic heterocycles. The molecule has 3 aromatic rings. The van der Waals surface area contributed by atoms with E-state index in [1.54, 1.807) is 24.3 Å². The van der Waals surface area contributed by atoms with E-state index in [0.29, 0.717) is 11.3 Å². The molecule has 0 spiro atoms. The molecule has 0 radical (unpaired) electrons. The Morgan fingerprint density at radius 2 is 1.88 bits per heavy atom. The molecule has 11 heteroatoms. The number of hydrogen-bond acceptors (Lipinski definition) is 6. The molecule has 34 heavy (non-hydrogen) atoms. The Bertz CT molecular complexity index is 1300. The smallest absolute Gasteiger partial charge is 0.416 e. The molecule has 1 fully saturated rings. The van der Waals surface area contributed by atoms with E-state index in [9.17, 15) is 22.8 Å². The summed E-state index contributed by atoms with van der Waals surface area (Å²) in [6, 6.07) is 14.1. The number of hydrazine groups is 1. The van der Waals surface area contributed by atoms with Crippen molar-refractivity contribution in [2.45, 2.75) is 6.18 Å². The standard InChI is InChI=1S/C23H15F3N2O4S2/c1-31-16-7-5-13(6-8-16)20(29)27-28-21(30)19(34-22(28)33)12-17-9-10-18(32-17)14-3-2-4-15(11-14)23(24,25)26/h2-12H,1H3,(H,27,29)/b19-12+. The number of nitrogens with zero attached hydrogens (tertiary/aromatic N) is 1. The summed E-state index contributed by atoms with van der Waals surface area (Å²) in [4.78, 5) is 25.4. The molecular weight excluding hydrogens is 489 g/mol. The van der Waals surface area contributed by atoms with Crippen LogP contribution >= 0.6 is 24.0 Å². The minimum atomic E-state index is -4.48. The summed E-state index contributed by atoms with van der Waals surface area (Å²) in [5, 5.41) is 0.953. The highest BCUT2D eigenvalue weighted by molar-refractivity contribution is 8.26. The van der Waals surface area contributed by atoms with Crippen molar-refractivity contribution in [1.82, 2.24) is 10.4 Å². The van der Waals surface area contributed by atoms with Crippen LogP contribution in [0.1, 0.15) is 21.7 Å². The summed E-state index contributed by atoms with van der Waals surface area (Å²) in [6.07, 6.45) is -3.06. The summed E-state index contributed by atoms with van der Waals surface area (Å²) in [6.45, 7) is 0. The predicted molar refractivity (Wildman–Crippen MR) is 125 cm³/mol. The number of methoxy groups -OCH3 is 1. The number of amides is 2. The molecule has 0 atom stereocenters. The molecule has 0 aliphatic carbocycles. The van der Waals surface area contributed by atoms with Crippen molar-refractivity contribution in [2.24, 2.45) is 0 Å². The fourth-order valence-electron chi connectivity index (χ4n) is 3.04. The largest absolute Gasteiger partial charge is 0.497 e. The normalized spacial score (nSPS) is 15.2. The number of hydrogen-bond donors (Lipinski definition) is 1. The highest BCUT2D eigenvalue weighted by atomic mass is 32.2. The monoisotopic (exact) mass is 504 g/mol. The summed E-state index contributed by atoms with van der Waals surface area (Å²) >= 11 is 6.16. The Balaban J connectivity index is 1.49. The van der Waals surface area contributed by atoms with Gasteiger partial charge in [-0.25, -0.2) is 0 Å². The molecular formula is C23H15F3N2O4S2. The minimum Gasteiger partial charge on any atom is -0.497 e. The maximum atomic E-state index is 13.0. The fraction of sp³-hybridized carbons (Fsp3) is 0.0870. The van der Waals surface area contributed by atoms with Gasteiger partial charge >= 0.3 is 6.18 Å². The first kappa shape index (κ1) is 23.6. The van der Waals surface area contributed by atoms with E-state index >= 15 is 0 Å². The number of nitrogens with one attached hydrogen (secondary N) is 1. The average Bonchev–Trinajstić information content (AvgIpc) is 3.39. The Hall–Kier alpha value is -3.57. The van der Waals surface area contributed by atoms with Gasteiger partial charge in [0.15, 0.2) is 4.32 Å². The maximum Gasteiger partial charge on any atom is 0.416 e. The van der Waals surface area contributed by atoms with Gasteiger partial charge in [-0.15, -0.1) is 0 Å². The zero-order valence-electron chi connectivity index (χ0n) is 17.4. The van der Waals surface area contributed by atoms with Gasteiger partial charge in [0.2, 0.25) is 0 Å². The average molecular weight is 505 g/mol. The number of ether oxygens (including phenoxy) is 1. The Labute approximate surface area is 201 Å². The molecule has 174 valence electrons. The number of thioether (sulfide) groups is 1. The Morgan fingerprint density at radius 3 is 2.56 bits per heavy atom. The first-order valence-electron chi connectivity index (χ1n) is 9.66. The van der Waals surface area contributed by atoms with Gasteiger partial charge in [0.05, 0.1) is 17.6 Å². The molecule has 0 bridgehead atoms. The van der Waals surface area contributed by atoms with Gasteiger partial charge < -0.3 is 9.15 Å². The second-order valence-corrected chi connectivity index (χ2v) is 8.64. The first-order chi connectivity index (χ1) is 16.2. The van der Waals surface area contributed by atoms with Crippen LogP contribution in [0.25, 0.3) is 17.4 Å². The highest BCUT2D eigenvalue weighted by Gasteiger charge is 2.34. The third-order valence-corrected chi connectivity index (χ3v) is 6.04. The second-order valence-electron chi connectivity index (χ2n) is 6.97. The van der Waals surface area contributed by atoms with Crippen LogP contribution < -0.4 is 10.2 Å². The number of carbonyl (C=O) groups is 2. The number of alkyl halides is 3. The molecule has 0 saturated carbocycles. The van der Waals surface area contributed by atoms with E-state index < -0.39 is 23.6 Å². The van der Waals surface area contributed by atoms with Gasteiger partial charge in [0.1, 0.15) is 17.3 Å².